The van der Waals surface area contributed by atoms with Crippen molar-refractivity contribution in [2.45, 2.75) is 30.3 Å². The summed E-state index contributed by atoms with van der Waals surface area (Å²) in [6.07, 6.45) is 2.60. The van der Waals surface area contributed by atoms with Gasteiger partial charge < -0.3 is 9.47 Å². The molecule has 9 nitrogen and oxygen atoms in total. The largest absolute Gasteiger partial charge is 0.495 e. The van der Waals surface area contributed by atoms with E-state index >= 15 is 0 Å². The van der Waals surface area contributed by atoms with Gasteiger partial charge in [0.15, 0.2) is 5.13 Å². The Labute approximate surface area is 229 Å². The lowest BCUT2D eigenvalue weighted by Gasteiger charge is -2.28. The first-order chi connectivity index (χ1) is 18.3. The van der Waals surface area contributed by atoms with Crippen LogP contribution in [0.4, 0.5) is 5.13 Å². The molecule has 0 spiro atoms. The molecule has 38 heavy (non-hydrogen) atoms. The lowest BCUT2D eigenvalue weighted by atomic mass is 10.2. The Morgan fingerprint density at radius 2 is 1.84 bits per heavy atom. The summed E-state index contributed by atoms with van der Waals surface area (Å²) >= 11 is 7.24. The summed E-state index contributed by atoms with van der Waals surface area (Å²) in [6.45, 7) is 0.357. The summed E-state index contributed by atoms with van der Waals surface area (Å²) in [7, 11) is -0.814. The van der Waals surface area contributed by atoms with Crippen LogP contribution in [-0.2, 0) is 21.4 Å². The van der Waals surface area contributed by atoms with Gasteiger partial charge in [-0.2, -0.15) is 4.31 Å². The molecule has 3 heterocycles. The lowest BCUT2D eigenvalue weighted by Crippen LogP contribution is -2.47. The Morgan fingerprint density at radius 1 is 1.11 bits per heavy atom. The predicted octanol–water partition coefficient (Wildman–Crippen LogP) is 4.75. The van der Waals surface area contributed by atoms with Gasteiger partial charge in [0, 0.05) is 17.8 Å². The fourth-order valence-corrected chi connectivity index (χ4v) is 7.34. The molecule has 1 aliphatic heterocycles. The Kier molecular flexibility index (Phi) is 7.53. The summed E-state index contributed by atoms with van der Waals surface area (Å²) in [5.74, 6) is 0.770. The molecule has 5 rings (SSSR count). The van der Waals surface area contributed by atoms with E-state index in [1.807, 2.05) is 12.1 Å². The number of halogens is 1. The van der Waals surface area contributed by atoms with E-state index in [1.54, 1.807) is 38.6 Å². The van der Waals surface area contributed by atoms with Crippen LogP contribution in [0.2, 0.25) is 5.02 Å². The minimum absolute atomic E-state index is 0.0901. The van der Waals surface area contributed by atoms with E-state index in [1.165, 1.54) is 44.8 Å². The number of methoxy groups -OCH3 is 2. The molecule has 1 fully saturated rings. The van der Waals surface area contributed by atoms with Gasteiger partial charge in [-0.1, -0.05) is 29.0 Å². The van der Waals surface area contributed by atoms with Gasteiger partial charge in [-0.05, 0) is 61.4 Å². The van der Waals surface area contributed by atoms with Gasteiger partial charge in [0.2, 0.25) is 15.9 Å². The Hall–Kier alpha value is -3.25. The number of anilines is 1. The molecule has 2 aromatic heterocycles. The van der Waals surface area contributed by atoms with Gasteiger partial charge in [0.05, 0.1) is 31.4 Å². The molecule has 2 aromatic carbocycles. The number of amides is 1. The van der Waals surface area contributed by atoms with E-state index in [0.29, 0.717) is 45.7 Å². The highest BCUT2D eigenvalue weighted by Crippen LogP contribution is 2.41. The number of benzene rings is 2. The van der Waals surface area contributed by atoms with Crippen LogP contribution in [0.3, 0.4) is 0 Å². The monoisotopic (exact) mass is 572 g/mol. The van der Waals surface area contributed by atoms with Gasteiger partial charge in [-0.25, -0.2) is 13.4 Å². The van der Waals surface area contributed by atoms with Crippen molar-refractivity contribution in [1.29, 1.82) is 0 Å². The molecule has 12 heteroatoms. The number of hydrogen-bond donors (Lipinski definition) is 0. The quantitative estimate of drug-likeness (QED) is 0.300. The molecule has 0 radical (unpaired) electrons. The minimum Gasteiger partial charge on any atom is -0.495 e. The number of thiazole rings is 1. The fourth-order valence-electron chi connectivity index (χ4n) is 4.48. The third kappa shape index (κ3) is 4.94. The van der Waals surface area contributed by atoms with Crippen molar-refractivity contribution in [1.82, 2.24) is 14.3 Å². The first-order valence-electron chi connectivity index (χ1n) is 11.8. The van der Waals surface area contributed by atoms with E-state index in [2.05, 4.69) is 4.98 Å². The maximum Gasteiger partial charge on any atom is 0.247 e. The smallest absolute Gasteiger partial charge is 0.247 e. The number of nitrogens with zero attached hydrogens (tertiary/aromatic N) is 4. The molecular weight excluding hydrogens is 548 g/mol. The second kappa shape index (κ2) is 10.9. The van der Waals surface area contributed by atoms with Gasteiger partial charge in [-0.3, -0.25) is 14.7 Å². The highest BCUT2D eigenvalue weighted by molar-refractivity contribution is 7.89. The Balaban J connectivity index is 1.56. The molecule has 0 N–H and O–H groups in total. The third-order valence-electron chi connectivity index (χ3n) is 6.35. The molecule has 1 saturated heterocycles. The molecule has 0 saturated carbocycles. The van der Waals surface area contributed by atoms with Gasteiger partial charge in [-0.15, -0.1) is 0 Å². The van der Waals surface area contributed by atoms with Crippen molar-refractivity contribution in [3.05, 3.63) is 71.5 Å². The van der Waals surface area contributed by atoms with Crippen molar-refractivity contribution in [2.24, 2.45) is 0 Å². The zero-order chi connectivity index (χ0) is 26.9. The summed E-state index contributed by atoms with van der Waals surface area (Å²) in [5, 5.41) is 0.829. The molecule has 1 unspecified atom stereocenters. The zero-order valence-electron chi connectivity index (χ0n) is 20.7. The Morgan fingerprint density at radius 3 is 2.53 bits per heavy atom. The van der Waals surface area contributed by atoms with Gasteiger partial charge >= 0.3 is 0 Å². The number of carbonyl (C=O) groups excluding carboxylic acids is 1. The second-order valence-electron chi connectivity index (χ2n) is 8.62. The second-order valence-corrected chi connectivity index (χ2v) is 11.9. The average Bonchev–Trinajstić information content (AvgIpc) is 3.60. The average molecular weight is 573 g/mol. The van der Waals surface area contributed by atoms with Crippen LogP contribution in [0.25, 0.3) is 10.2 Å². The van der Waals surface area contributed by atoms with Crippen molar-refractivity contribution in [3.63, 3.8) is 0 Å². The SMILES string of the molecule is COc1ccc(OC)c2sc(N(Cc3ccccn3)C(=O)C3CCCN3S(=O)(=O)c3ccc(Cl)cc3)nc12. The van der Waals surface area contributed by atoms with Crippen LogP contribution in [0.1, 0.15) is 18.5 Å². The Bertz CT molecular complexity index is 1520. The van der Waals surface area contributed by atoms with Crippen LogP contribution < -0.4 is 14.4 Å². The number of ether oxygens (including phenoxy) is 2. The van der Waals surface area contributed by atoms with E-state index in [0.717, 1.165) is 4.70 Å². The van der Waals surface area contributed by atoms with Crippen LogP contribution in [-0.4, -0.2) is 55.4 Å². The van der Waals surface area contributed by atoms with Crippen molar-refractivity contribution in [2.75, 3.05) is 25.7 Å². The predicted molar refractivity (Wildman–Crippen MR) is 147 cm³/mol. The zero-order valence-corrected chi connectivity index (χ0v) is 23.1. The number of aromatic nitrogens is 2. The molecule has 4 aromatic rings. The van der Waals surface area contributed by atoms with Crippen molar-refractivity contribution < 1.29 is 22.7 Å². The maximum atomic E-state index is 14.2. The fraction of sp³-hybridized carbons (Fsp3) is 0.269. The van der Waals surface area contributed by atoms with Crippen molar-refractivity contribution in [3.8, 4) is 11.5 Å². The summed E-state index contributed by atoms with van der Waals surface area (Å²) in [4.78, 5) is 24.9. The highest BCUT2D eigenvalue weighted by Gasteiger charge is 2.42. The minimum atomic E-state index is -3.93. The molecule has 0 bridgehead atoms. The summed E-state index contributed by atoms with van der Waals surface area (Å²) in [6, 6.07) is 14.0. The van der Waals surface area contributed by atoms with E-state index in [9.17, 15) is 13.2 Å². The first-order valence-corrected chi connectivity index (χ1v) is 14.5. The van der Waals surface area contributed by atoms with Crippen LogP contribution in [0.15, 0.2) is 65.7 Å². The molecule has 1 amide bonds. The number of sulfonamides is 1. The number of hydrogen-bond acceptors (Lipinski definition) is 8. The first kappa shape index (κ1) is 26.4. The number of fused-ring (bicyclic) bond motifs is 1. The lowest BCUT2D eigenvalue weighted by molar-refractivity contribution is -0.121. The molecule has 1 aliphatic rings. The van der Waals surface area contributed by atoms with Crippen LogP contribution in [0.5, 0.6) is 11.5 Å². The molecule has 198 valence electrons. The molecule has 1 atom stereocenters. The highest BCUT2D eigenvalue weighted by atomic mass is 35.5. The van der Waals surface area contributed by atoms with Crippen molar-refractivity contribution >= 4 is 54.2 Å². The van der Waals surface area contributed by atoms with Gasteiger partial charge in [0.25, 0.3) is 0 Å². The normalized spacial score (nSPS) is 16.0. The maximum absolute atomic E-state index is 14.2. The topological polar surface area (TPSA) is 102 Å². The summed E-state index contributed by atoms with van der Waals surface area (Å²) < 4.78 is 40.1. The number of pyridine rings is 1. The number of rotatable bonds is 8. The van der Waals surface area contributed by atoms with Gasteiger partial charge in [0.1, 0.15) is 27.8 Å². The van der Waals surface area contributed by atoms with Crippen LogP contribution in [0, 0.1) is 0 Å². The standard InChI is InChI=1S/C26H25ClN4O5S2/c1-35-21-12-13-22(36-2)24-23(21)29-26(37-24)30(16-18-6-3-4-14-28-18)25(32)20-7-5-15-31(20)38(33,34)19-10-8-17(27)9-11-19/h3-4,6,8-14,20H,5,7,15-16H2,1-2H3. The van der Waals surface area contributed by atoms with E-state index in [-0.39, 0.29) is 23.9 Å². The van der Waals surface area contributed by atoms with E-state index in [4.69, 9.17) is 26.1 Å². The molecular formula is C26H25ClN4O5S2. The third-order valence-corrected chi connectivity index (χ3v) is 9.62. The molecule has 0 aliphatic carbocycles. The van der Waals surface area contributed by atoms with E-state index < -0.39 is 16.1 Å². The van der Waals surface area contributed by atoms with Crippen LogP contribution >= 0.6 is 22.9 Å². The summed E-state index contributed by atoms with van der Waals surface area (Å²) in [5.41, 5.74) is 1.20. The number of carbonyl (C=O) groups is 1.